The Morgan fingerprint density at radius 2 is 1.55 bits per heavy atom. The van der Waals surface area contributed by atoms with Crippen molar-refractivity contribution >= 4 is 17.5 Å². The van der Waals surface area contributed by atoms with Crippen LogP contribution in [-0.4, -0.2) is 29.8 Å². The van der Waals surface area contributed by atoms with Gasteiger partial charge in [0.2, 0.25) is 5.91 Å². The van der Waals surface area contributed by atoms with Gasteiger partial charge in [-0.15, -0.1) is 0 Å². The van der Waals surface area contributed by atoms with Crippen molar-refractivity contribution in [2.24, 2.45) is 0 Å². The summed E-state index contributed by atoms with van der Waals surface area (Å²) in [5, 5.41) is 12.3. The zero-order valence-electron chi connectivity index (χ0n) is 23.8. The van der Waals surface area contributed by atoms with Crippen molar-refractivity contribution in [2.45, 2.75) is 38.0 Å². The molecule has 1 unspecified atom stereocenters. The average Bonchev–Trinajstić information content (AvgIpc) is 3.58. The van der Waals surface area contributed by atoms with Crippen LogP contribution in [0, 0.1) is 11.3 Å². The van der Waals surface area contributed by atoms with Gasteiger partial charge in [0.05, 0.1) is 28.7 Å². The first-order valence-electron chi connectivity index (χ1n) is 14.3. The molecule has 0 saturated carbocycles. The van der Waals surface area contributed by atoms with Crippen molar-refractivity contribution in [3.8, 4) is 11.8 Å². The highest BCUT2D eigenvalue weighted by Gasteiger charge is 2.37. The third-order valence-corrected chi connectivity index (χ3v) is 7.57. The molecule has 1 aliphatic rings. The van der Waals surface area contributed by atoms with E-state index in [4.69, 9.17) is 4.74 Å². The molecule has 1 N–H and O–H groups in total. The number of amides is 2. The molecule has 0 aliphatic carbocycles. The number of alkyl halides is 3. The maximum absolute atomic E-state index is 14.2. The van der Waals surface area contributed by atoms with Crippen molar-refractivity contribution in [2.75, 3.05) is 18.4 Å². The Labute approximate surface area is 253 Å². The number of benzene rings is 4. The van der Waals surface area contributed by atoms with Gasteiger partial charge >= 0.3 is 6.18 Å². The molecule has 0 radical (unpaired) electrons. The van der Waals surface area contributed by atoms with E-state index in [0.717, 1.165) is 36.1 Å². The van der Waals surface area contributed by atoms with Crippen LogP contribution in [0.15, 0.2) is 97.1 Å². The van der Waals surface area contributed by atoms with Crippen LogP contribution >= 0.6 is 0 Å². The number of nitriles is 1. The Morgan fingerprint density at radius 3 is 2.18 bits per heavy atom. The first-order chi connectivity index (χ1) is 21.2. The summed E-state index contributed by atoms with van der Waals surface area (Å²) in [6.45, 7) is 1.03. The molecule has 2 amide bonds. The standard InChI is InChI=1S/C35H30F3N3O3/c36-35(37,38)31-21-27(14-15-28(31)34(43)41-17-7-8-18-41)40-33(42)30(19-24-9-3-1-4-10-24)29-20-26(22-39)13-16-32(29)44-23-25-11-5-2-6-12-25/h1-6,9-16,20-21,30H,7-8,17-19,23H2,(H,40,42). The minimum Gasteiger partial charge on any atom is -0.489 e. The molecule has 1 atom stereocenters. The lowest BCUT2D eigenvalue weighted by atomic mass is 9.89. The molecule has 4 aromatic rings. The fraction of sp³-hybridized carbons (Fsp3) is 0.229. The van der Waals surface area contributed by atoms with E-state index in [-0.39, 0.29) is 18.7 Å². The van der Waals surface area contributed by atoms with E-state index in [1.54, 1.807) is 18.2 Å². The minimum absolute atomic E-state index is 0.0958. The number of anilines is 1. The first kappa shape index (κ1) is 30.4. The molecule has 0 spiro atoms. The number of carbonyl (C=O) groups excluding carboxylic acids is 2. The largest absolute Gasteiger partial charge is 0.489 e. The molecule has 0 bridgehead atoms. The molecule has 1 aliphatic heterocycles. The summed E-state index contributed by atoms with van der Waals surface area (Å²) in [6.07, 6.45) is -3.13. The van der Waals surface area contributed by atoms with E-state index in [9.17, 15) is 28.0 Å². The third-order valence-electron chi connectivity index (χ3n) is 7.57. The minimum atomic E-state index is -4.81. The maximum Gasteiger partial charge on any atom is 0.417 e. The van der Waals surface area contributed by atoms with E-state index in [0.29, 0.717) is 30.0 Å². The van der Waals surface area contributed by atoms with Gasteiger partial charge in [-0.3, -0.25) is 9.59 Å². The van der Waals surface area contributed by atoms with Gasteiger partial charge in [0.1, 0.15) is 12.4 Å². The predicted octanol–water partition coefficient (Wildman–Crippen LogP) is 7.36. The molecule has 6 nitrogen and oxygen atoms in total. The van der Waals surface area contributed by atoms with Gasteiger partial charge in [0.15, 0.2) is 0 Å². The smallest absolute Gasteiger partial charge is 0.417 e. The van der Waals surface area contributed by atoms with Gasteiger partial charge < -0.3 is 15.0 Å². The molecule has 1 fully saturated rings. The topological polar surface area (TPSA) is 82.4 Å². The molecule has 1 heterocycles. The molecule has 44 heavy (non-hydrogen) atoms. The fourth-order valence-corrected chi connectivity index (χ4v) is 5.31. The zero-order valence-corrected chi connectivity index (χ0v) is 23.8. The number of rotatable bonds is 9. The maximum atomic E-state index is 14.2. The third kappa shape index (κ3) is 7.27. The summed E-state index contributed by atoms with van der Waals surface area (Å²) < 4.78 is 48.6. The molecule has 9 heteroatoms. The molecule has 224 valence electrons. The van der Waals surface area contributed by atoms with Crippen molar-refractivity contribution in [3.63, 3.8) is 0 Å². The molecule has 0 aromatic heterocycles. The van der Waals surface area contributed by atoms with Crippen LogP contribution in [0.1, 0.15) is 56.9 Å². The lowest BCUT2D eigenvalue weighted by molar-refractivity contribution is -0.138. The van der Waals surface area contributed by atoms with Crippen LogP contribution in [0.5, 0.6) is 5.75 Å². The number of hydrogen-bond donors (Lipinski definition) is 1. The van der Waals surface area contributed by atoms with Gasteiger partial charge in [0.25, 0.3) is 5.91 Å². The Hall–Kier alpha value is -5.10. The van der Waals surface area contributed by atoms with Crippen molar-refractivity contribution in [1.82, 2.24) is 4.90 Å². The van der Waals surface area contributed by atoms with E-state index in [2.05, 4.69) is 11.4 Å². The highest BCUT2D eigenvalue weighted by molar-refractivity contribution is 5.99. The molecule has 4 aromatic carbocycles. The number of hydrogen-bond acceptors (Lipinski definition) is 4. The number of halogens is 3. The lowest BCUT2D eigenvalue weighted by Crippen LogP contribution is -2.30. The van der Waals surface area contributed by atoms with Crippen molar-refractivity contribution in [1.29, 1.82) is 5.26 Å². The lowest BCUT2D eigenvalue weighted by Gasteiger charge is -2.22. The molecular weight excluding hydrogens is 567 g/mol. The fourth-order valence-electron chi connectivity index (χ4n) is 5.31. The van der Waals surface area contributed by atoms with Crippen molar-refractivity contribution in [3.05, 3.63) is 130 Å². The Balaban J connectivity index is 1.49. The molecule has 5 rings (SSSR count). The number of nitrogens with zero attached hydrogens (tertiary/aromatic N) is 2. The van der Waals surface area contributed by atoms with Gasteiger partial charge in [-0.05, 0) is 66.8 Å². The summed E-state index contributed by atoms with van der Waals surface area (Å²) in [6, 6.07) is 28.7. The van der Waals surface area contributed by atoms with Crippen LogP contribution in [0.25, 0.3) is 0 Å². The van der Waals surface area contributed by atoms with Crippen molar-refractivity contribution < 1.29 is 27.5 Å². The van der Waals surface area contributed by atoms with Gasteiger partial charge in [0, 0.05) is 24.3 Å². The van der Waals surface area contributed by atoms with Gasteiger partial charge in [-0.2, -0.15) is 18.4 Å². The number of nitrogens with one attached hydrogen (secondary N) is 1. The van der Waals surface area contributed by atoms with Crippen LogP contribution in [0.2, 0.25) is 0 Å². The zero-order chi connectivity index (χ0) is 31.1. The van der Waals surface area contributed by atoms with Crippen LogP contribution < -0.4 is 10.1 Å². The highest BCUT2D eigenvalue weighted by atomic mass is 19.4. The Bertz CT molecular complexity index is 1660. The highest BCUT2D eigenvalue weighted by Crippen LogP contribution is 2.36. The average molecular weight is 598 g/mol. The number of ether oxygens (including phenoxy) is 1. The van der Waals surface area contributed by atoms with Gasteiger partial charge in [-0.25, -0.2) is 0 Å². The predicted molar refractivity (Wildman–Crippen MR) is 160 cm³/mol. The normalized spacial score (nSPS) is 13.6. The van der Waals surface area contributed by atoms with E-state index < -0.39 is 35.0 Å². The monoisotopic (exact) mass is 597 g/mol. The second-order valence-electron chi connectivity index (χ2n) is 10.6. The number of carbonyl (C=O) groups is 2. The summed E-state index contributed by atoms with van der Waals surface area (Å²) in [7, 11) is 0. The SMILES string of the molecule is N#Cc1ccc(OCc2ccccc2)c(C(Cc2ccccc2)C(=O)Nc2ccc(C(=O)N3CCCC3)c(C(F)(F)F)c2)c1. The van der Waals surface area contributed by atoms with Crippen LogP contribution in [0.4, 0.5) is 18.9 Å². The van der Waals surface area contributed by atoms with Gasteiger partial charge in [-0.1, -0.05) is 60.7 Å². The number of likely N-dealkylation sites (tertiary alicyclic amines) is 1. The summed E-state index contributed by atoms with van der Waals surface area (Å²) in [5.41, 5.74) is 0.797. The summed E-state index contributed by atoms with van der Waals surface area (Å²) >= 11 is 0. The second kappa shape index (κ2) is 13.5. The van der Waals surface area contributed by atoms with E-state index in [1.807, 2.05) is 60.7 Å². The first-order valence-corrected chi connectivity index (χ1v) is 14.3. The molecular formula is C35H30F3N3O3. The van der Waals surface area contributed by atoms with E-state index in [1.165, 1.54) is 11.0 Å². The van der Waals surface area contributed by atoms with Crippen LogP contribution in [0.3, 0.4) is 0 Å². The summed E-state index contributed by atoms with van der Waals surface area (Å²) in [4.78, 5) is 28.2. The molecule has 1 saturated heterocycles. The van der Waals surface area contributed by atoms with E-state index >= 15 is 0 Å². The Morgan fingerprint density at radius 1 is 0.886 bits per heavy atom. The second-order valence-corrected chi connectivity index (χ2v) is 10.6. The quantitative estimate of drug-likeness (QED) is 0.219. The Kier molecular flexibility index (Phi) is 9.29. The van der Waals surface area contributed by atoms with Crippen LogP contribution in [-0.2, 0) is 24.0 Å². The summed E-state index contributed by atoms with van der Waals surface area (Å²) in [5.74, 6) is -1.80.